The third kappa shape index (κ3) is 3.94. The number of nitriles is 1. The van der Waals surface area contributed by atoms with Gasteiger partial charge in [-0.05, 0) is 43.3 Å². The van der Waals surface area contributed by atoms with Crippen LogP contribution < -0.4 is 15.0 Å². The first-order chi connectivity index (χ1) is 13.4. The third-order valence-electron chi connectivity index (χ3n) is 3.96. The van der Waals surface area contributed by atoms with E-state index in [0.717, 1.165) is 10.5 Å². The van der Waals surface area contributed by atoms with E-state index >= 15 is 0 Å². The highest BCUT2D eigenvalue weighted by Gasteiger charge is 2.36. The number of amides is 4. The van der Waals surface area contributed by atoms with Gasteiger partial charge in [0.2, 0.25) is 0 Å². The van der Waals surface area contributed by atoms with Gasteiger partial charge in [0.15, 0.2) is 6.61 Å². The number of benzene rings is 2. The number of nitrogens with one attached hydrogen (secondary N) is 1. The molecule has 0 atom stereocenters. The smallest absolute Gasteiger partial charge is 0.335 e. The summed E-state index contributed by atoms with van der Waals surface area (Å²) in [5.74, 6) is -1.22. The van der Waals surface area contributed by atoms with Crippen molar-refractivity contribution >= 4 is 45.5 Å². The molecule has 0 saturated carbocycles. The molecule has 0 spiro atoms. The molecule has 3 rings (SSSR count). The fraction of sp³-hybridized carbons (Fsp3) is 0.100. The molecular weight excluding hydrogens is 426 g/mol. The maximum absolute atomic E-state index is 12.9. The second-order valence-electron chi connectivity index (χ2n) is 5.92. The molecule has 7 nitrogen and oxygen atoms in total. The molecule has 1 N–H and O–H groups in total. The van der Waals surface area contributed by atoms with Crippen molar-refractivity contribution in [3.8, 4) is 11.8 Å². The Kier molecular flexibility index (Phi) is 5.57. The number of barbiturate groups is 1. The Morgan fingerprint density at radius 3 is 2.57 bits per heavy atom. The lowest BCUT2D eigenvalue weighted by atomic mass is 10.1. The van der Waals surface area contributed by atoms with E-state index in [2.05, 4.69) is 21.2 Å². The summed E-state index contributed by atoms with van der Waals surface area (Å²) in [6, 6.07) is 12.8. The molecule has 0 radical (unpaired) electrons. The van der Waals surface area contributed by atoms with Crippen LogP contribution in [-0.4, -0.2) is 24.5 Å². The fourth-order valence-electron chi connectivity index (χ4n) is 2.61. The van der Waals surface area contributed by atoms with Gasteiger partial charge in [-0.1, -0.05) is 33.6 Å². The standard InChI is InChI=1S/C20H14BrN3O4/c1-12-2-5-15(6-3-12)24-19(26)16(18(25)23-20(24)27)11-13-10-14(21)4-7-17(13)28-9-8-22/h2-7,10-11H,9H2,1H3,(H,23,25,27)/b16-11+. The van der Waals surface area contributed by atoms with Crippen LogP contribution in [0.4, 0.5) is 10.5 Å². The van der Waals surface area contributed by atoms with E-state index in [1.807, 2.05) is 13.0 Å². The van der Waals surface area contributed by atoms with Gasteiger partial charge in [0.05, 0.1) is 5.69 Å². The highest BCUT2D eigenvalue weighted by Crippen LogP contribution is 2.28. The number of hydrogen-bond donors (Lipinski definition) is 1. The molecule has 2 aromatic rings. The molecule has 1 fully saturated rings. The minimum atomic E-state index is -0.814. The van der Waals surface area contributed by atoms with E-state index in [0.29, 0.717) is 21.5 Å². The summed E-state index contributed by atoms with van der Waals surface area (Å²) < 4.78 is 6.04. The van der Waals surface area contributed by atoms with Gasteiger partial charge in [-0.25, -0.2) is 9.69 Å². The van der Waals surface area contributed by atoms with Crippen LogP contribution in [0.1, 0.15) is 11.1 Å². The molecule has 0 bridgehead atoms. The number of anilines is 1. The topological polar surface area (TPSA) is 99.5 Å². The van der Waals surface area contributed by atoms with Crippen molar-refractivity contribution in [3.63, 3.8) is 0 Å². The lowest BCUT2D eigenvalue weighted by Crippen LogP contribution is -2.54. The summed E-state index contributed by atoms with van der Waals surface area (Å²) in [6.07, 6.45) is 1.34. The number of nitrogens with zero attached hydrogens (tertiary/aromatic N) is 2. The fourth-order valence-corrected chi connectivity index (χ4v) is 2.99. The van der Waals surface area contributed by atoms with Crippen LogP contribution in [0.5, 0.6) is 5.75 Å². The van der Waals surface area contributed by atoms with Crippen molar-refractivity contribution in [2.75, 3.05) is 11.5 Å². The molecule has 1 aliphatic rings. The molecule has 1 aliphatic heterocycles. The Bertz CT molecular complexity index is 1040. The minimum Gasteiger partial charge on any atom is -0.478 e. The van der Waals surface area contributed by atoms with Gasteiger partial charge in [-0.3, -0.25) is 14.9 Å². The Morgan fingerprint density at radius 2 is 1.89 bits per heavy atom. The van der Waals surface area contributed by atoms with Gasteiger partial charge in [0.25, 0.3) is 11.8 Å². The van der Waals surface area contributed by atoms with Crippen molar-refractivity contribution in [3.05, 3.63) is 63.6 Å². The van der Waals surface area contributed by atoms with Crippen LogP contribution in [0.15, 0.2) is 52.5 Å². The highest BCUT2D eigenvalue weighted by atomic mass is 79.9. The molecule has 1 saturated heterocycles. The first-order valence-electron chi connectivity index (χ1n) is 8.18. The van der Waals surface area contributed by atoms with Gasteiger partial charge in [0, 0.05) is 10.0 Å². The molecule has 0 aromatic heterocycles. The van der Waals surface area contributed by atoms with Gasteiger partial charge in [0.1, 0.15) is 17.4 Å². The number of urea groups is 1. The van der Waals surface area contributed by atoms with E-state index in [9.17, 15) is 14.4 Å². The predicted octanol–water partition coefficient (Wildman–Crippen LogP) is 3.33. The first-order valence-corrected chi connectivity index (χ1v) is 8.97. The van der Waals surface area contributed by atoms with Crippen molar-refractivity contribution < 1.29 is 19.1 Å². The largest absolute Gasteiger partial charge is 0.478 e. The third-order valence-corrected chi connectivity index (χ3v) is 4.45. The first kappa shape index (κ1) is 19.3. The molecule has 0 aliphatic carbocycles. The zero-order valence-corrected chi connectivity index (χ0v) is 16.3. The van der Waals surface area contributed by atoms with Crippen LogP contribution in [0.25, 0.3) is 6.08 Å². The van der Waals surface area contributed by atoms with Crippen molar-refractivity contribution in [2.24, 2.45) is 0 Å². The maximum Gasteiger partial charge on any atom is 0.335 e. The van der Waals surface area contributed by atoms with Crippen molar-refractivity contribution in [1.82, 2.24) is 5.32 Å². The maximum atomic E-state index is 12.9. The Morgan fingerprint density at radius 1 is 1.18 bits per heavy atom. The zero-order chi connectivity index (χ0) is 20.3. The summed E-state index contributed by atoms with van der Waals surface area (Å²) in [5.41, 5.74) is 1.51. The van der Waals surface area contributed by atoms with Crippen LogP contribution in [-0.2, 0) is 9.59 Å². The van der Waals surface area contributed by atoms with E-state index in [-0.39, 0.29) is 12.2 Å². The van der Waals surface area contributed by atoms with E-state index in [1.165, 1.54) is 6.08 Å². The van der Waals surface area contributed by atoms with Crippen LogP contribution in [0, 0.1) is 18.3 Å². The highest BCUT2D eigenvalue weighted by molar-refractivity contribution is 9.10. The quantitative estimate of drug-likeness (QED) is 0.581. The summed E-state index contributed by atoms with van der Waals surface area (Å²) in [6.45, 7) is 1.69. The number of rotatable bonds is 4. The molecule has 1 heterocycles. The molecule has 0 unspecified atom stereocenters. The summed E-state index contributed by atoms with van der Waals surface area (Å²) in [7, 11) is 0. The van der Waals surface area contributed by atoms with Crippen molar-refractivity contribution in [2.45, 2.75) is 6.92 Å². The lowest BCUT2D eigenvalue weighted by Gasteiger charge is -2.26. The van der Waals surface area contributed by atoms with Gasteiger partial charge < -0.3 is 4.74 Å². The second-order valence-corrected chi connectivity index (χ2v) is 6.84. The zero-order valence-electron chi connectivity index (χ0n) is 14.7. The van der Waals surface area contributed by atoms with Crippen LogP contribution >= 0.6 is 15.9 Å². The molecular formula is C20H14BrN3O4. The normalized spacial score (nSPS) is 15.4. The number of carbonyl (C=O) groups excluding carboxylic acids is 3. The number of aryl methyl sites for hydroxylation is 1. The molecule has 8 heteroatoms. The molecule has 2 aromatic carbocycles. The number of imide groups is 2. The minimum absolute atomic E-state index is 0.189. The Balaban J connectivity index is 2.03. The SMILES string of the molecule is Cc1ccc(N2C(=O)NC(=O)/C(=C\c3cc(Br)ccc3OCC#N)C2=O)cc1. The average Bonchev–Trinajstić information content (AvgIpc) is 2.66. The van der Waals surface area contributed by atoms with Crippen molar-refractivity contribution in [1.29, 1.82) is 5.26 Å². The number of halogens is 1. The molecule has 4 amide bonds. The predicted molar refractivity (Wildman–Crippen MR) is 105 cm³/mol. The lowest BCUT2D eigenvalue weighted by molar-refractivity contribution is -0.122. The van der Waals surface area contributed by atoms with E-state index < -0.39 is 17.8 Å². The van der Waals surface area contributed by atoms with E-state index in [1.54, 1.807) is 42.5 Å². The van der Waals surface area contributed by atoms with Gasteiger partial charge in [-0.2, -0.15) is 5.26 Å². The molecule has 28 heavy (non-hydrogen) atoms. The number of hydrogen-bond acceptors (Lipinski definition) is 5. The number of carbonyl (C=O) groups is 3. The molecule has 140 valence electrons. The monoisotopic (exact) mass is 439 g/mol. The Labute approximate surface area is 169 Å². The van der Waals surface area contributed by atoms with Crippen LogP contribution in [0.2, 0.25) is 0 Å². The van der Waals surface area contributed by atoms with Gasteiger partial charge >= 0.3 is 6.03 Å². The van der Waals surface area contributed by atoms with Gasteiger partial charge in [-0.15, -0.1) is 0 Å². The second kappa shape index (κ2) is 8.06. The summed E-state index contributed by atoms with van der Waals surface area (Å²) in [4.78, 5) is 38.4. The summed E-state index contributed by atoms with van der Waals surface area (Å²) >= 11 is 3.32. The van der Waals surface area contributed by atoms with E-state index in [4.69, 9.17) is 10.00 Å². The number of ether oxygens (including phenoxy) is 1. The average molecular weight is 440 g/mol. The van der Waals surface area contributed by atoms with Crippen LogP contribution in [0.3, 0.4) is 0 Å². The Hall–Kier alpha value is -3.44. The summed E-state index contributed by atoms with van der Waals surface area (Å²) in [5, 5.41) is 10.9.